The lowest BCUT2D eigenvalue weighted by atomic mass is 9.99. The Labute approximate surface area is 116 Å². The highest BCUT2D eigenvalue weighted by Crippen LogP contribution is 2.19. The predicted octanol–water partition coefficient (Wildman–Crippen LogP) is 2.33. The first-order valence-corrected chi connectivity index (χ1v) is 7.52. The van der Waals surface area contributed by atoms with Crippen molar-refractivity contribution in [3.05, 3.63) is 0 Å². The molecule has 0 spiro atoms. The highest BCUT2D eigenvalue weighted by molar-refractivity contribution is 6.05. The smallest absolute Gasteiger partial charge is 0.247 e. The molecule has 2 amide bonds. The van der Waals surface area contributed by atoms with Crippen molar-refractivity contribution in [3.63, 3.8) is 0 Å². The van der Waals surface area contributed by atoms with Gasteiger partial charge in [-0.3, -0.25) is 14.5 Å². The average molecular weight is 268 g/mol. The van der Waals surface area contributed by atoms with Crippen molar-refractivity contribution < 1.29 is 9.59 Å². The molecule has 0 radical (unpaired) electrons. The molecule has 1 N–H and O–H groups in total. The van der Waals surface area contributed by atoms with Gasteiger partial charge in [-0.05, 0) is 32.6 Å². The lowest BCUT2D eigenvalue weighted by Gasteiger charge is -2.23. The molecule has 110 valence electrons. The van der Waals surface area contributed by atoms with Gasteiger partial charge in [0, 0.05) is 12.1 Å². The summed E-state index contributed by atoms with van der Waals surface area (Å²) < 4.78 is 0. The van der Waals surface area contributed by atoms with Crippen molar-refractivity contribution in [1.82, 2.24) is 10.2 Å². The minimum atomic E-state index is -0.319. The molecule has 1 aliphatic rings. The maximum absolute atomic E-state index is 12.2. The van der Waals surface area contributed by atoms with Gasteiger partial charge in [-0.15, -0.1) is 0 Å². The third-order valence-electron chi connectivity index (χ3n) is 4.15. The van der Waals surface area contributed by atoms with Crippen molar-refractivity contribution in [3.8, 4) is 0 Å². The van der Waals surface area contributed by atoms with Gasteiger partial charge in [-0.1, -0.05) is 27.2 Å². The number of hydrogen-bond donors (Lipinski definition) is 1. The van der Waals surface area contributed by atoms with Crippen LogP contribution in [0, 0.1) is 5.92 Å². The number of hydrogen-bond acceptors (Lipinski definition) is 3. The minimum Gasteiger partial charge on any atom is -0.303 e. The fourth-order valence-corrected chi connectivity index (χ4v) is 2.61. The first-order valence-electron chi connectivity index (χ1n) is 7.52. The van der Waals surface area contributed by atoms with Gasteiger partial charge in [0.15, 0.2) is 0 Å². The van der Waals surface area contributed by atoms with Gasteiger partial charge in [0.05, 0.1) is 12.5 Å². The average Bonchev–Trinajstić information content (AvgIpc) is 2.63. The van der Waals surface area contributed by atoms with Crippen LogP contribution in [0.5, 0.6) is 0 Å². The van der Waals surface area contributed by atoms with E-state index in [1.54, 1.807) is 0 Å². The first-order chi connectivity index (χ1) is 8.90. The molecule has 0 saturated carbocycles. The maximum Gasteiger partial charge on any atom is 0.247 e. The molecule has 1 saturated heterocycles. The van der Waals surface area contributed by atoms with E-state index in [0.717, 1.165) is 19.3 Å². The molecule has 1 fully saturated rings. The predicted molar refractivity (Wildman–Crippen MR) is 76.7 cm³/mol. The van der Waals surface area contributed by atoms with E-state index in [9.17, 15) is 9.59 Å². The molecule has 0 aromatic carbocycles. The summed E-state index contributed by atoms with van der Waals surface area (Å²) in [6.07, 6.45) is 3.31. The summed E-state index contributed by atoms with van der Waals surface area (Å²) in [5.41, 5.74) is 0. The quantitative estimate of drug-likeness (QED) is 0.721. The zero-order chi connectivity index (χ0) is 14.6. The second-order valence-electron chi connectivity index (χ2n) is 5.93. The van der Waals surface area contributed by atoms with Crippen molar-refractivity contribution in [1.29, 1.82) is 0 Å². The molecular weight excluding hydrogens is 240 g/mol. The molecule has 4 atom stereocenters. The van der Waals surface area contributed by atoms with Gasteiger partial charge >= 0.3 is 0 Å². The number of nitrogens with zero attached hydrogens (tertiary/aromatic N) is 1. The standard InChI is InChI=1S/C15H28N2O2/c1-6-10(3)8-11(4)16-13-9-14(18)17(15(13)19)12(5)7-2/h10-13,16H,6-9H2,1-5H3. The molecule has 1 rings (SSSR count). The zero-order valence-corrected chi connectivity index (χ0v) is 12.9. The van der Waals surface area contributed by atoms with Crippen LogP contribution in [0.25, 0.3) is 0 Å². The van der Waals surface area contributed by atoms with E-state index in [2.05, 4.69) is 26.1 Å². The van der Waals surface area contributed by atoms with Crippen LogP contribution >= 0.6 is 0 Å². The summed E-state index contributed by atoms with van der Waals surface area (Å²) in [7, 11) is 0. The fraction of sp³-hybridized carbons (Fsp3) is 0.867. The second-order valence-corrected chi connectivity index (χ2v) is 5.93. The number of carbonyl (C=O) groups excluding carboxylic acids is 2. The largest absolute Gasteiger partial charge is 0.303 e. The van der Waals surface area contributed by atoms with Crippen LogP contribution in [-0.4, -0.2) is 34.8 Å². The van der Waals surface area contributed by atoms with E-state index in [-0.39, 0.29) is 29.9 Å². The van der Waals surface area contributed by atoms with Gasteiger partial charge in [-0.2, -0.15) is 0 Å². The van der Waals surface area contributed by atoms with Crippen LogP contribution < -0.4 is 5.32 Å². The van der Waals surface area contributed by atoms with Crippen LogP contribution in [0.1, 0.15) is 60.3 Å². The van der Waals surface area contributed by atoms with Crippen molar-refractivity contribution in [2.24, 2.45) is 5.92 Å². The molecule has 4 nitrogen and oxygen atoms in total. The van der Waals surface area contributed by atoms with Crippen LogP contribution in [0.2, 0.25) is 0 Å². The van der Waals surface area contributed by atoms with Gasteiger partial charge in [0.1, 0.15) is 0 Å². The van der Waals surface area contributed by atoms with Crippen molar-refractivity contribution in [2.75, 3.05) is 0 Å². The number of imide groups is 1. The maximum atomic E-state index is 12.2. The second kappa shape index (κ2) is 7.04. The van der Waals surface area contributed by atoms with Crippen LogP contribution in [0.3, 0.4) is 0 Å². The topological polar surface area (TPSA) is 49.4 Å². The Hall–Kier alpha value is -0.900. The highest BCUT2D eigenvalue weighted by atomic mass is 16.2. The highest BCUT2D eigenvalue weighted by Gasteiger charge is 2.40. The number of likely N-dealkylation sites (tertiary alicyclic amines) is 1. The SMILES string of the molecule is CCC(C)CC(C)NC1CC(=O)N(C(C)CC)C1=O. The Morgan fingerprint density at radius 1 is 1.21 bits per heavy atom. The summed E-state index contributed by atoms with van der Waals surface area (Å²) in [6, 6.07) is -0.0363. The normalized spacial score (nSPS) is 24.7. The van der Waals surface area contributed by atoms with Gasteiger partial charge in [-0.25, -0.2) is 0 Å². The Balaban J connectivity index is 2.57. The van der Waals surface area contributed by atoms with Crippen LogP contribution in [0.4, 0.5) is 0 Å². The summed E-state index contributed by atoms with van der Waals surface area (Å²) in [6.45, 7) is 10.4. The molecule has 0 aromatic heterocycles. The van der Waals surface area contributed by atoms with Gasteiger partial charge in [0.25, 0.3) is 0 Å². The molecule has 19 heavy (non-hydrogen) atoms. The molecule has 1 aliphatic heterocycles. The van der Waals surface area contributed by atoms with Gasteiger partial charge < -0.3 is 5.32 Å². The first kappa shape index (κ1) is 16.2. The Kier molecular flexibility index (Phi) is 5.98. The van der Waals surface area contributed by atoms with Crippen LogP contribution in [0.15, 0.2) is 0 Å². The molecular formula is C15H28N2O2. The van der Waals surface area contributed by atoms with E-state index in [1.807, 2.05) is 13.8 Å². The summed E-state index contributed by atoms with van der Waals surface area (Å²) in [4.78, 5) is 25.6. The van der Waals surface area contributed by atoms with E-state index in [1.165, 1.54) is 4.90 Å². The summed E-state index contributed by atoms with van der Waals surface area (Å²) >= 11 is 0. The molecule has 4 heteroatoms. The Morgan fingerprint density at radius 3 is 2.37 bits per heavy atom. The van der Waals surface area contributed by atoms with Crippen molar-refractivity contribution in [2.45, 2.75) is 78.4 Å². The number of amides is 2. The van der Waals surface area contributed by atoms with Gasteiger partial charge in [0.2, 0.25) is 11.8 Å². The van der Waals surface area contributed by atoms with E-state index < -0.39 is 0 Å². The summed E-state index contributed by atoms with van der Waals surface area (Å²) in [5.74, 6) is 0.559. The molecule has 0 aromatic rings. The Bertz CT molecular complexity index is 330. The monoisotopic (exact) mass is 268 g/mol. The Morgan fingerprint density at radius 2 is 1.84 bits per heavy atom. The molecule has 4 unspecified atom stereocenters. The fourth-order valence-electron chi connectivity index (χ4n) is 2.61. The van der Waals surface area contributed by atoms with Crippen LogP contribution in [-0.2, 0) is 9.59 Å². The third-order valence-corrected chi connectivity index (χ3v) is 4.15. The summed E-state index contributed by atoms with van der Waals surface area (Å²) in [5, 5.41) is 3.32. The van der Waals surface area contributed by atoms with Crippen molar-refractivity contribution >= 4 is 11.8 Å². The lowest BCUT2D eigenvalue weighted by Crippen LogP contribution is -2.45. The van der Waals surface area contributed by atoms with E-state index in [4.69, 9.17) is 0 Å². The minimum absolute atomic E-state index is 0.0108. The van der Waals surface area contributed by atoms with E-state index in [0.29, 0.717) is 12.3 Å². The van der Waals surface area contributed by atoms with E-state index >= 15 is 0 Å². The number of rotatable bonds is 7. The number of nitrogens with one attached hydrogen (secondary N) is 1. The molecule has 0 bridgehead atoms. The molecule has 1 heterocycles. The zero-order valence-electron chi connectivity index (χ0n) is 12.9. The third kappa shape index (κ3) is 4.03. The molecule has 0 aliphatic carbocycles. The number of carbonyl (C=O) groups is 2. The lowest BCUT2D eigenvalue weighted by molar-refractivity contribution is -0.141.